The Balaban J connectivity index is 1.43. The van der Waals surface area contributed by atoms with Gasteiger partial charge in [0.1, 0.15) is 11.5 Å². The Kier molecular flexibility index (Phi) is 5.02. The van der Waals surface area contributed by atoms with E-state index in [-0.39, 0.29) is 22.4 Å². The fourth-order valence-electron chi connectivity index (χ4n) is 7.60. The van der Waals surface area contributed by atoms with Crippen molar-refractivity contribution in [1.29, 1.82) is 0 Å². The summed E-state index contributed by atoms with van der Waals surface area (Å²) in [7, 11) is 0. The van der Waals surface area contributed by atoms with Crippen LogP contribution in [0.1, 0.15) is 57.9 Å². The average molecular weight is 469 g/mol. The summed E-state index contributed by atoms with van der Waals surface area (Å²) >= 11 is 6.09. The van der Waals surface area contributed by atoms with Gasteiger partial charge in [0.05, 0.1) is 22.1 Å². The van der Waals surface area contributed by atoms with Crippen LogP contribution in [0.25, 0.3) is 0 Å². The Hall–Kier alpha value is -2.60. The van der Waals surface area contributed by atoms with E-state index < -0.39 is 10.3 Å². The first kappa shape index (κ1) is 22.2. The zero-order chi connectivity index (χ0) is 23.6. The summed E-state index contributed by atoms with van der Waals surface area (Å²) in [6, 6.07) is 9.63. The molecule has 2 unspecified atom stereocenters. The molecule has 2 aromatic rings. The number of hydrogen-bond acceptors (Lipinski definition) is 4. The van der Waals surface area contributed by atoms with Gasteiger partial charge in [-0.05, 0) is 86.0 Å². The Morgan fingerprint density at radius 3 is 2.36 bits per heavy atom. The molecule has 0 spiro atoms. The molecule has 4 aliphatic carbocycles. The van der Waals surface area contributed by atoms with E-state index in [0.717, 1.165) is 24.8 Å². The van der Waals surface area contributed by atoms with Crippen LogP contribution in [-0.2, 0) is 4.79 Å². The normalized spacial score (nSPS) is 31.9. The largest absolute Gasteiger partial charge is 0.457 e. The third kappa shape index (κ3) is 4.10. The first-order valence-electron chi connectivity index (χ1n) is 11.5. The number of rotatable bonds is 5. The minimum absolute atomic E-state index is 0.0159. The van der Waals surface area contributed by atoms with Crippen molar-refractivity contribution in [3.8, 4) is 11.5 Å². The molecular formula is C26H29ClN2O4. The molecule has 0 radical (unpaired) electrons. The van der Waals surface area contributed by atoms with Crippen molar-refractivity contribution in [2.75, 3.05) is 5.32 Å². The predicted molar refractivity (Wildman–Crippen MR) is 128 cm³/mol. The summed E-state index contributed by atoms with van der Waals surface area (Å²) in [4.78, 5) is 24.7. The van der Waals surface area contributed by atoms with E-state index in [2.05, 4.69) is 19.2 Å². The third-order valence-corrected chi connectivity index (χ3v) is 8.26. The standard InChI is InChI=1S/C26H29ClN2O4/c1-16-6-20(4-5-22(16)27)33-21-8-18(7-19(9-21)29(31)32)28-23(30)26-12-17-10-24(2,14-26)13-25(3,11-17)15-26/h4-9,17H,10-15H2,1-3H3,(H,28,30). The molecule has 6 rings (SSSR count). The van der Waals surface area contributed by atoms with Gasteiger partial charge in [-0.3, -0.25) is 14.9 Å². The maximum absolute atomic E-state index is 13.6. The molecule has 1 N–H and O–H groups in total. The number of non-ortho nitro benzene ring substituents is 1. The molecule has 4 aliphatic rings. The number of nitrogens with zero attached hydrogens (tertiary/aromatic N) is 1. The summed E-state index contributed by atoms with van der Waals surface area (Å²) in [6.45, 7) is 6.51. The smallest absolute Gasteiger partial charge is 0.275 e. The van der Waals surface area contributed by atoms with E-state index in [1.165, 1.54) is 31.4 Å². The first-order valence-corrected chi connectivity index (χ1v) is 11.9. The topological polar surface area (TPSA) is 81.5 Å². The molecule has 2 aromatic carbocycles. The van der Waals surface area contributed by atoms with Gasteiger partial charge in [0, 0.05) is 17.2 Å². The number of hydrogen-bond donors (Lipinski definition) is 1. The maximum Gasteiger partial charge on any atom is 0.275 e. The van der Waals surface area contributed by atoms with E-state index in [9.17, 15) is 14.9 Å². The van der Waals surface area contributed by atoms with Crippen molar-refractivity contribution in [2.24, 2.45) is 22.2 Å². The SMILES string of the molecule is Cc1cc(Oc2cc(NC(=O)C34CC5CC(C)(CC(C)(C5)C3)C4)cc([N+](=O)[O-])c2)ccc1Cl. The van der Waals surface area contributed by atoms with Gasteiger partial charge < -0.3 is 10.1 Å². The van der Waals surface area contributed by atoms with Crippen LogP contribution in [0.2, 0.25) is 5.02 Å². The minimum atomic E-state index is -0.470. The number of anilines is 1. The second kappa shape index (κ2) is 7.45. The van der Waals surface area contributed by atoms with Crippen LogP contribution in [0, 0.1) is 39.2 Å². The Morgan fingerprint density at radius 2 is 1.76 bits per heavy atom. The van der Waals surface area contributed by atoms with Crippen molar-refractivity contribution in [3.05, 3.63) is 57.1 Å². The lowest BCUT2D eigenvalue weighted by Crippen LogP contribution is -2.58. The van der Waals surface area contributed by atoms with E-state index in [4.69, 9.17) is 16.3 Å². The molecule has 0 heterocycles. The molecule has 7 heteroatoms. The number of benzene rings is 2. The van der Waals surface area contributed by atoms with Gasteiger partial charge in [0.2, 0.25) is 5.91 Å². The number of carbonyl (C=O) groups is 1. The van der Waals surface area contributed by atoms with Crippen LogP contribution in [0.3, 0.4) is 0 Å². The highest BCUT2D eigenvalue weighted by Gasteiger charge is 2.62. The Labute approximate surface area is 198 Å². The Morgan fingerprint density at radius 1 is 1.06 bits per heavy atom. The van der Waals surface area contributed by atoms with Gasteiger partial charge in [0.25, 0.3) is 5.69 Å². The van der Waals surface area contributed by atoms with Gasteiger partial charge in [-0.25, -0.2) is 0 Å². The van der Waals surface area contributed by atoms with Gasteiger partial charge in [-0.1, -0.05) is 25.4 Å². The van der Waals surface area contributed by atoms with E-state index in [1.54, 1.807) is 24.3 Å². The molecule has 2 atom stereocenters. The van der Waals surface area contributed by atoms with Crippen molar-refractivity contribution in [2.45, 2.75) is 59.3 Å². The zero-order valence-electron chi connectivity index (χ0n) is 19.2. The van der Waals surface area contributed by atoms with Crippen molar-refractivity contribution >= 4 is 28.9 Å². The van der Waals surface area contributed by atoms with Crippen LogP contribution >= 0.6 is 11.6 Å². The van der Waals surface area contributed by atoms with Crippen molar-refractivity contribution in [1.82, 2.24) is 0 Å². The van der Waals surface area contributed by atoms with Crippen LogP contribution in [0.4, 0.5) is 11.4 Å². The lowest BCUT2D eigenvalue weighted by Gasteiger charge is -2.64. The predicted octanol–water partition coefficient (Wildman–Crippen LogP) is 7.28. The van der Waals surface area contributed by atoms with E-state index in [0.29, 0.717) is 28.1 Å². The van der Waals surface area contributed by atoms with Crippen LogP contribution in [0.15, 0.2) is 36.4 Å². The second-order valence-corrected chi connectivity index (χ2v) is 11.8. The minimum Gasteiger partial charge on any atom is -0.457 e. The number of carbonyl (C=O) groups excluding carboxylic acids is 1. The highest BCUT2D eigenvalue weighted by Crippen LogP contribution is 2.69. The van der Waals surface area contributed by atoms with Gasteiger partial charge in [-0.2, -0.15) is 0 Å². The number of ether oxygens (including phenoxy) is 1. The summed E-state index contributed by atoms with van der Waals surface area (Å²) < 4.78 is 5.89. The maximum atomic E-state index is 13.6. The molecule has 0 saturated heterocycles. The number of nitrogens with one attached hydrogen (secondary N) is 1. The highest BCUT2D eigenvalue weighted by molar-refractivity contribution is 6.31. The lowest BCUT2D eigenvalue weighted by atomic mass is 9.40. The fraction of sp³-hybridized carbons (Fsp3) is 0.500. The molecule has 0 aromatic heterocycles. The van der Waals surface area contributed by atoms with Gasteiger partial charge in [-0.15, -0.1) is 0 Å². The molecule has 4 bridgehead atoms. The van der Waals surface area contributed by atoms with Crippen LogP contribution < -0.4 is 10.1 Å². The molecule has 0 aliphatic heterocycles. The first-order chi connectivity index (χ1) is 15.5. The number of amides is 1. The van der Waals surface area contributed by atoms with Crippen LogP contribution in [0.5, 0.6) is 11.5 Å². The second-order valence-electron chi connectivity index (χ2n) is 11.4. The lowest BCUT2D eigenvalue weighted by molar-refractivity contribution is -0.384. The molecule has 174 valence electrons. The molecule has 33 heavy (non-hydrogen) atoms. The van der Waals surface area contributed by atoms with Crippen molar-refractivity contribution in [3.63, 3.8) is 0 Å². The van der Waals surface area contributed by atoms with Crippen molar-refractivity contribution < 1.29 is 14.5 Å². The zero-order valence-corrected chi connectivity index (χ0v) is 20.0. The number of nitro benzene ring substituents is 1. The van der Waals surface area contributed by atoms with Gasteiger partial charge >= 0.3 is 0 Å². The summed E-state index contributed by atoms with van der Waals surface area (Å²) in [5.41, 5.74) is 1.11. The summed E-state index contributed by atoms with van der Waals surface area (Å²) in [5.74, 6) is 1.39. The number of halogens is 1. The molecule has 4 fully saturated rings. The molecule has 4 saturated carbocycles. The van der Waals surface area contributed by atoms with E-state index >= 15 is 0 Å². The highest BCUT2D eigenvalue weighted by atomic mass is 35.5. The molecule has 1 amide bonds. The third-order valence-electron chi connectivity index (χ3n) is 7.83. The summed E-state index contributed by atoms with van der Waals surface area (Å²) in [6.07, 6.45) is 6.27. The average Bonchev–Trinajstić information content (AvgIpc) is 2.68. The fourth-order valence-corrected chi connectivity index (χ4v) is 7.72. The summed E-state index contributed by atoms with van der Waals surface area (Å²) in [5, 5.41) is 15.2. The quantitative estimate of drug-likeness (QED) is 0.369. The number of aryl methyl sites for hydroxylation is 1. The van der Waals surface area contributed by atoms with E-state index in [1.807, 2.05) is 6.92 Å². The van der Waals surface area contributed by atoms with Gasteiger partial charge in [0.15, 0.2) is 0 Å². The molecular weight excluding hydrogens is 440 g/mol. The van der Waals surface area contributed by atoms with Crippen LogP contribution in [-0.4, -0.2) is 10.8 Å². The number of nitro groups is 1. The Bertz CT molecular complexity index is 1140. The monoisotopic (exact) mass is 468 g/mol. The molecule has 6 nitrogen and oxygen atoms in total.